The molecule has 138 valence electrons. The minimum atomic E-state index is -0.417. The Balaban J connectivity index is 1.96. The molecule has 0 atom stereocenters. The molecule has 0 aliphatic rings. The molecule has 27 heavy (non-hydrogen) atoms. The fourth-order valence-electron chi connectivity index (χ4n) is 2.90. The summed E-state index contributed by atoms with van der Waals surface area (Å²) < 4.78 is 8.13. The Kier molecular flexibility index (Phi) is 6.01. The number of carbonyl (C=O) groups excluding carboxylic acids is 1. The molecule has 6 heteroatoms. The third-order valence-corrected chi connectivity index (χ3v) is 5.30. The van der Waals surface area contributed by atoms with Gasteiger partial charge < -0.3 is 9.30 Å². The van der Waals surface area contributed by atoms with Gasteiger partial charge in [-0.3, -0.25) is 4.99 Å². The third-order valence-electron chi connectivity index (χ3n) is 4.27. The van der Waals surface area contributed by atoms with Crippen molar-refractivity contribution in [3.05, 3.63) is 79.6 Å². The number of esters is 1. The molecular weight excluding hydrogens is 475 g/mol. The predicted molar refractivity (Wildman–Crippen MR) is 118 cm³/mol. The first-order valence-corrected chi connectivity index (χ1v) is 9.73. The number of hydrogen-bond acceptors (Lipinski definition) is 3. The molecule has 0 fully saturated rings. The SMILES string of the molecule is COC(=O)c1ccc(Cl)c(N=Cc2cc(C)n(-c3ccc(I)cc3)c2C)c1. The van der Waals surface area contributed by atoms with E-state index in [0.717, 1.165) is 22.6 Å². The third kappa shape index (κ3) is 4.25. The molecule has 0 unspecified atom stereocenters. The molecule has 2 aromatic carbocycles. The van der Waals surface area contributed by atoms with Crippen LogP contribution in [0.4, 0.5) is 5.69 Å². The van der Waals surface area contributed by atoms with E-state index in [2.05, 4.69) is 76.3 Å². The van der Waals surface area contributed by atoms with Crippen molar-refractivity contribution < 1.29 is 9.53 Å². The van der Waals surface area contributed by atoms with Crippen LogP contribution in [0.2, 0.25) is 5.02 Å². The largest absolute Gasteiger partial charge is 0.465 e. The fourth-order valence-corrected chi connectivity index (χ4v) is 3.43. The standard InChI is InChI=1S/C21H18ClIN2O2/c1-13-10-16(14(2)25(13)18-7-5-17(23)6-8-18)12-24-20-11-15(21(26)27-3)4-9-19(20)22/h4-12H,1-3H3. The summed E-state index contributed by atoms with van der Waals surface area (Å²) in [7, 11) is 1.35. The average Bonchev–Trinajstić information content (AvgIpc) is 2.95. The first-order chi connectivity index (χ1) is 12.9. The second-order valence-corrected chi connectivity index (χ2v) is 7.71. The van der Waals surface area contributed by atoms with E-state index in [0.29, 0.717) is 16.3 Å². The lowest BCUT2D eigenvalue weighted by Crippen LogP contribution is -2.00. The van der Waals surface area contributed by atoms with E-state index < -0.39 is 5.97 Å². The molecule has 0 saturated heterocycles. The molecule has 3 aromatic rings. The first kappa shape index (κ1) is 19.6. The Morgan fingerprint density at radius 2 is 1.85 bits per heavy atom. The first-order valence-electron chi connectivity index (χ1n) is 8.27. The molecule has 4 nitrogen and oxygen atoms in total. The van der Waals surface area contributed by atoms with Crippen molar-refractivity contribution >= 4 is 52.1 Å². The van der Waals surface area contributed by atoms with E-state index in [1.807, 2.05) is 0 Å². The monoisotopic (exact) mass is 492 g/mol. The maximum atomic E-state index is 11.7. The number of aryl methyl sites for hydroxylation is 1. The van der Waals surface area contributed by atoms with Crippen LogP contribution in [0.5, 0.6) is 0 Å². The summed E-state index contributed by atoms with van der Waals surface area (Å²) in [5, 5.41) is 0.477. The molecule has 0 N–H and O–H groups in total. The Hall–Kier alpha value is -2.12. The molecule has 0 bridgehead atoms. The normalized spacial score (nSPS) is 11.1. The van der Waals surface area contributed by atoms with E-state index in [1.165, 1.54) is 10.7 Å². The number of halogens is 2. The average molecular weight is 493 g/mol. The van der Waals surface area contributed by atoms with Gasteiger partial charge in [-0.1, -0.05) is 11.6 Å². The summed E-state index contributed by atoms with van der Waals surface area (Å²) in [4.78, 5) is 16.2. The summed E-state index contributed by atoms with van der Waals surface area (Å²) in [5.41, 5.74) is 5.24. The van der Waals surface area contributed by atoms with Crippen molar-refractivity contribution in [2.75, 3.05) is 7.11 Å². The zero-order chi connectivity index (χ0) is 19.6. The molecule has 0 saturated carbocycles. The van der Waals surface area contributed by atoms with Gasteiger partial charge in [0.05, 0.1) is 23.4 Å². The maximum absolute atomic E-state index is 11.7. The summed E-state index contributed by atoms with van der Waals surface area (Å²) >= 11 is 8.52. The number of benzene rings is 2. The van der Waals surface area contributed by atoms with Crippen LogP contribution < -0.4 is 0 Å². The lowest BCUT2D eigenvalue weighted by atomic mass is 10.2. The van der Waals surface area contributed by atoms with Gasteiger partial charge in [0.25, 0.3) is 0 Å². The number of carbonyl (C=O) groups is 1. The van der Waals surface area contributed by atoms with Crippen molar-refractivity contribution in [2.24, 2.45) is 4.99 Å². The molecule has 0 aliphatic heterocycles. The highest BCUT2D eigenvalue weighted by Crippen LogP contribution is 2.27. The van der Waals surface area contributed by atoms with Gasteiger partial charge in [0.15, 0.2) is 0 Å². The Bertz CT molecular complexity index is 1020. The van der Waals surface area contributed by atoms with Gasteiger partial charge in [0.2, 0.25) is 0 Å². The summed E-state index contributed by atoms with van der Waals surface area (Å²) in [6.45, 7) is 4.12. The zero-order valence-corrected chi connectivity index (χ0v) is 18.1. The van der Waals surface area contributed by atoms with Gasteiger partial charge in [-0.25, -0.2) is 4.79 Å². The van der Waals surface area contributed by atoms with Gasteiger partial charge in [-0.15, -0.1) is 0 Å². The van der Waals surface area contributed by atoms with Gasteiger partial charge >= 0.3 is 5.97 Å². The number of nitrogens with zero attached hydrogens (tertiary/aromatic N) is 2. The molecule has 1 aromatic heterocycles. The van der Waals surface area contributed by atoms with E-state index >= 15 is 0 Å². The van der Waals surface area contributed by atoms with E-state index in [1.54, 1.807) is 24.4 Å². The van der Waals surface area contributed by atoms with Crippen LogP contribution in [-0.2, 0) is 4.74 Å². The minimum Gasteiger partial charge on any atom is -0.465 e. The van der Waals surface area contributed by atoms with Crippen LogP contribution in [-0.4, -0.2) is 23.9 Å². The van der Waals surface area contributed by atoms with Gasteiger partial charge in [-0.2, -0.15) is 0 Å². The lowest BCUT2D eigenvalue weighted by Gasteiger charge is -2.09. The summed E-state index contributed by atoms with van der Waals surface area (Å²) in [6.07, 6.45) is 1.77. The molecule has 1 heterocycles. The van der Waals surface area contributed by atoms with Crippen LogP contribution in [0.3, 0.4) is 0 Å². The number of hydrogen-bond donors (Lipinski definition) is 0. The number of rotatable bonds is 4. The van der Waals surface area contributed by atoms with Crippen LogP contribution >= 0.6 is 34.2 Å². The maximum Gasteiger partial charge on any atom is 0.337 e. The van der Waals surface area contributed by atoms with E-state index in [9.17, 15) is 4.79 Å². The van der Waals surface area contributed by atoms with Gasteiger partial charge in [0, 0.05) is 32.4 Å². The molecule has 3 rings (SSSR count). The van der Waals surface area contributed by atoms with Gasteiger partial charge in [0.1, 0.15) is 0 Å². The molecule has 0 radical (unpaired) electrons. The highest BCUT2D eigenvalue weighted by molar-refractivity contribution is 14.1. The second kappa shape index (κ2) is 8.27. The Morgan fingerprint density at radius 1 is 1.15 bits per heavy atom. The summed E-state index contributed by atoms with van der Waals surface area (Å²) in [5.74, 6) is -0.417. The molecule has 0 amide bonds. The lowest BCUT2D eigenvalue weighted by molar-refractivity contribution is 0.0601. The topological polar surface area (TPSA) is 43.6 Å². The van der Waals surface area contributed by atoms with Crippen molar-refractivity contribution in [1.82, 2.24) is 4.57 Å². The number of aromatic nitrogens is 1. The number of methoxy groups -OCH3 is 1. The van der Waals surface area contributed by atoms with Gasteiger partial charge in [-0.05, 0) is 85.0 Å². The van der Waals surface area contributed by atoms with Crippen molar-refractivity contribution in [3.8, 4) is 5.69 Å². The highest BCUT2D eigenvalue weighted by Gasteiger charge is 2.11. The summed E-state index contributed by atoms with van der Waals surface area (Å²) in [6, 6.07) is 15.3. The van der Waals surface area contributed by atoms with Crippen LogP contribution in [0.1, 0.15) is 27.3 Å². The highest BCUT2D eigenvalue weighted by atomic mass is 127. The van der Waals surface area contributed by atoms with Crippen LogP contribution in [0.15, 0.2) is 53.5 Å². The predicted octanol–water partition coefficient (Wildman–Crippen LogP) is 5.89. The Labute approximate surface area is 177 Å². The van der Waals surface area contributed by atoms with Crippen LogP contribution in [0, 0.1) is 17.4 Å². The van der Waals surface area contributed by atoms with E-state index in [4.69, 9.17) is 16.3 Å². The molecule has 0 aliphatic carbocycles. The minimum absolute atomic E-state index is 0.415. The van der Waals surface area contributed by atoms with Crippen molar-refractivity contribution in [1.29, 1.82) is 0 Å². The van der Waals surface area contributed by atoms with Crippen molar-refractivity contribution in [3.63, 3.8) is 0 Å². The van der Waals surface area contributed by atoms with E-state index in [-0.39, 0.29) is 0 Å². The van der Waals surface area contributed by atoms with Crippen molar-refractivity contribution in [2.45, 2.75) is 13.8 Å². The number of ether oxygens (including phenoxy) is 1. The number of aliphatic imine (C=N–C) groups is 1. The van der Waals surface area contributed by atoms with Crippen LogP contribution in [0.25, 0.3) is 5.69 Å². The quantitative estimate of drug-likeness (QED) is 0.259. The molecular formula is C21H18ClIN2O2. The zero-order valence-electron chi connectivity index (χ0n) is 15.2. The molecule has 0 spiro atoms. The Morgan fingerprint density at radius 3 is 2.52 bits per heavy atom. The smallest absolute Gasteiger partial charge is 0.337 e. The fraction of sp³-hybridized carbons (Fsp3) is 0.143. The second-order valence-electron chi connectivity index (χ2n) is 6.05.